The highest BCUT2D eigenvalue weighted by Gasteiger charge is 2.39. The van der Waals surface area contributed by atoms with E-state index in [1.807, 2.05) is 13.8 Å². The SMILES string of the molecule is CCOC(=O)C(C)(CC1CCC1)NCC1CCCO1. The molecule has 0 aromatic heterocycles. The van der Waals surface area contributed by atoms with Gasteiger partial charge in [0.2, 0.25) is 0 Å². The summed E-state index contributed by atoms with van der Waals surface area (Å²) >= 11 is 0. The van der Waals surface area contributed by atoms with Crippen molar-refractivity contribution in [1.82, 2.24) is 5.32 Å². The first-order chi connectivity index (χ1) is 9.14. The fourth-order valence-electron chi connectivity index (χ4n) is 2.94. The van der Waals surface area contributed by atoms with Crippen molar-refractivity contribution in [2.75, 3.05) is 19.8 Å². The predicted octanol–water partition coefficient (Wildman–Crippen LogP) is 2.27. The molecule has 0 amide bonds. The van der Waals surface area contributed by atoms with Gasteiger partial charge in [0.25, 0.3) is 0 Å². The molecule has 0 spiro atoms. The molecule has 1 N–H and O–H groups in total. The molecule has 0 aromatic rings. The van der Waals surface area contributed by atoms with E-state index in [-0.39, 0.29) is 12.1 Å². The minimum absolute atomic E-state index is 0.111. The standard InChI is InChI=1S/C15H27NO3/c1-3-18-14(17)15(2,10-12-6-4-7-12)16-11-13-8-5-9-19-13/h12-13,16H,3-11H2,1-2H3. The Morgan fingerprint density at radius 3 is 2.68 bits per heavy atom. The summed E-state index contributed by atoms with van der Waals surface area (Å²) in [6.45, 7) is 5.90. The molecule has 2 rings (SSSR count). The van der Waals surface area contributed by atoms with Gasteiger partial charge in [0.15, 0.2) is 0 Å². The van der Waals surface area contributed by atoms with Gasteiger partial charge in [0, 0.05) is 13.2 Å². The summed E-state index contributed by atoms with van der Waals surface area (Å²) in [5, 5.41) is 3.42. The van der Waals surface area contributed by atoms with Crippen molar-refractivity contribution >= 4 is 5.97 Å². The third kappa shape index (κ3) is 3.93. The summed E-state index contributed by atoms with van der Waals surface area (Å²) in [5.41, 5.74) is -0.549. The summed E-state index contributed by atoms with van der Waals surface area (Å²) in [7, 11) is 0. The number of ether oxygens (including phenoxy) is 2. The van der Waals surface area contributed by atoms with Gasteiger partial charge in [0.05, 0.1) is 12.7 Å². The molecule has 2 atom stereocenters. The average molecular weight is 269 g/mol. The molecular weight excluding hydrogens is 242 g/mol. The molecule has 0 bridgehead atoms. The molecule has 19 heavy (non-hydrogen) atoms. The minimum Gasteiger partial charge on any atom is -0.465 e. The molecule has 1 aliphatic carbocycles. The van der Waals surface area contributed by atoms with Gasteiger partial charge in [-0.1, -0.05) is 19.3 Å². The van der Waals surface area contributed by atoms with Crippen molar-refractivity contribution in [2.45, 2.75) is 64.0 Å². The molecule has 4 nitrogen and oxygen atoms in total. The normalized spacial score (nSPS) is 26.7. The van der Waals surface area contributed by atoms with Crippen molar-refractivity contribution in [1.29, 1.82) is 0 Å². The van der Waals surface area contributed by atoms with Crippen molar-refractivity contribution in [2.24, 2.45) is 5.92 Å². The fraction of sp³-hybridized carbons (Fsp3) is 0.933. The summed E-state index contributed by atoms with van der Waals surface area (Å²) < 4.78 is 10.9. The van der Waals surface area contributed by atoms with Crippen LogP contribution in [-0.2, 0) is 14.3 Å². The molecular formula is C15H27NO3. The maximum absolute atomic E-state index is 12.2. The molecule has 4 heteroatoms. The highest BCUT2D eigenvalue weighted by atomic mass is 16.5. The van der Waals surface area contributed by atoms with E-state index >= 15 is 0 Å². The van der Waals surface area contributed by atoms with Gasteiger partial charge in [-0.2, -0.15) is 0 Å². The van der Waals surface area contributed by atoms with Crippen LogP contribution in [0, 0.1) is 5.92 Å². The zero-order valence-corrected chi connectivity index (χ0v) is 12.2. The van der Waals surface area contributed by atoms with Crippen molar-refractivity contribution < 1.29 is 14.3 Å². The zero-order chi connectivity index (χ0) is 13.7. The Bertz CT molecular complexity index is 298. The van der Waals surface area contributed by atoms with E-state index < -0.39 is 5.54 Å². The van der Waals surface area contributed by atoms with Crippen LogP contribution in [-0.4, -0.2) is 37.4 Å². The Morgan fingerprint density at radius 2 is 2.16 bits per heavy atom. The van der Waals surface area contributed by atoms with Crippen LogP contribution in [0.5, 0.6) is 0 Å². The molecule has 1 aliphatic heterocycles. The van der Waals surface area contributed by atoms with Gasteiger partial charge in [-0.15, -0.1) is 0 Å². The zero-order valence-electron chi connectivity index (χ0n) is 12.2. The number of hydrogen-bond acceptors (Lipinski definition) is 4. The molecule has 1 saturated carbocycles. The smallest absolute Gasteiger partial charge is 0.326 e. The lowest BCUT2D eigenvalue weighted by Crippen LogP contribution is -2.54. The van der Waals surface area contributed by atoms with E-state index in [9.17, 15) is 4.79 Å². The van der Waals surface area contributed by atoms with E-state index in [0.717, 1.165) is 32.4 Å². The van der Waals surface area contributed by atoms with Crippen LogP contribution in [0.4, 0.5) is 0 Å². The van der Waals surface area contributed by atoms with Crippen LogP contribution in [0.3, 0.4) is 0 Å². The van der Waals surface area contributed by atoms with Gasteiger partial charge >= 0.3 is 5.97 Å². The number of nitrogens with one attached hydrogen (secondary N) is 1. The Balaban J connectivity index is 1.88. The van der Waals surface area contributed by atoms with E-state index in [2.05, 4.69) is 5.32 Å². The van der Waals surface area contributed by atoms with Gasteiger partial charge in [0.1, 0.15) is 5.54 Å². The molecule has 1 saturated heterocycles. The number of carbonyl (C=O) groups is 1. The average Bonchev–Trinajstić information content (AvgIpc) is 2.85. The second-order valence-corrected chi connectivity index (χ2v) is 6.07. The Labute approximate surface area is 116 Å². The first-order valence-corrected chi connectivity index (χ1v) is 7.68. The fourth-order valence-corrected chi connectivity index (χ4v) is 2.94. The minimum atomic E-state index is -0.549. The van der Waals surface area contributed by atoms with Gasteiger partial charge < -0.3 is 9.47 Å². The summed E-state index contributed by atoms with van der Waals surface area (Å²) in [6, 6.07) is 0. The molecule has 2 aliphatic rings. The van der Waals surface area contributed by atoms with E-state index in [0.29, 0.717) is 12.5 Å². The molecule has 0 radical (unpaired) electrons. The lowest BCUT2D eigenvalue weighted by Gasteiger charge is -2.36. The highest BCUT2D eigenvalue weighted by Crippen LogP contribution is 2.34. The van der Waals surface area contributed by atoms with E-state index in [1.54, 1.807) is 0 Å². The third-order valence-electron chi connectivity index (χ3n) is 4.39. The summed E-state index contributed by atoms with van der Waals surface area (Å²) in [5.74, 6) is 0.561. The highest BCUT2D eigenvalue weighted by molar-refractivity contribution is 5.80. The largest absolute Gasteiger partial charge is 0.465 e. The first-order valence-electron chi connectivity index (χ1n) is 7.68. The van der Waals surface area contributed by atoms with E-state index in [1.165, 1.54) is 19.3 Å². The monoisotopic (exact) mass is 269 g/mol. The molecule has 1 heterocycles. The maximum atomic E-state index is 12.2. The third-order valence-corrected chi connectivity index (χ3v) is 4.39. The number of rotatable bonds is 7. The molecule has 110 valence electrons. The van der Waals surface area contributed by atoms with E-state index in [4.69, 9.17) is 9.47 Å². The van der Waals surface area contributed by atoms with Crippen molar-refractivity contribution in [3.8, 4) is 0 Å². The Morgan fingerprint density at radius 1 is 1.37 bits per heavy atom. The lowest BCUT2D eigenvalue weighted by atomic mass is 9.76. The second-order valence-electron chi connectivity index (χ2n) is 6.07. The van der Waals surface area contributed by atoms with Crippen molar-refractivity contribution in [3.05, 3.63) is 0 Å². The predicted molar refractivity (Wildman–Crippen MR) is 74.0 cm³/mol. The van der Waals surface area contributed by atoms with Gasteiger partial charge in [-0.05, 0) is 39.0 Å². The van der Waals surface area contributed by atoms with Crippen LogP contribution < -0.4 is 5.32 Å². The first kappa shape index (κ1) is 14.8. The van der Waals surface area contributed by atoms with Crippen LogP contribution in [0.1, 0.15) is 52.4 Å². The second kappa shape index (κ2) is 6.71. The maximum Gasteiger partial charge on any atom is 0.326 e. The van der Waals surface area contributed by atoms with Gasteiger partial charge in [-0.25, -0.2) is 0 Å². The van der Waals surface area contributed by atoms with Crippen LogP contribution in [0.2, 0.25) is 0 Å². The van der Waals surface area contributed by atoms with Gasteiger partial charge in [-0.3, -0.25) is 10.1 Å². The number of hydrogen-bond donors (Lipinski definition) is 1. The van der Waals surface area contributed by atoms with Crippen LogP contribution >= 0.6 is 0 Å². The topological polar surface area (TPSA) is 47.6 Å². The number of carbonyl (C=O) groups excluding carboxylic acids is 1. The molecule has 2 unspecified atom stereocenters. The molecule has 0 aromatic carbocycles. The summed E-state index contributed by atoms with van der Waals surface area (Å²) in [6.07, 6.45) is 7.16. The molecule has 2 fully saturated rings. The Hall–Kier alpha value is -0.610. The summed E-state index contributed by atoms with van der Waals surface area (Å²) in [4.78, 5) is 12.2. The quantitative estimate of drug-likeness (QED) is 0.720. The van der Waals surface area contributed by atoms with Crippen LogP contribution in [0.15, 0.2) is 0 Å². The van der Waals surface area contributed by atoms with Crippen LogP contribution in [0.25, 0.3) is 0 Å². The lowest BCUT2D eigenvalue weighted by molar-refractivity contribution is -0.151. The Kier molecular flexibility index (Phi) is 5.22. The van der Waals surface area contributed by atoms with Crippen molar-refractivity contribution in [3.63, 3.8) is 0 Å². The number of esters is 1.